The lowest BCUT2D eigenvalue weighted by Crippen LogP contribution is -1.97. The zero-order valence-electron chi connectivity index (χ0n) is 7.98. The van der Waals surface area contributed by atoms with Gasteiger partial charge >= 0.3 is 0 Å². The van der Waals surface area contributed by atoms with Gasteiger partial charge in [-0.2, -0.15) is 0 Å². The third-order valence-corrected chi connectivity index (χ3v) is 2.82. The molecule has 1 aliphatic rings. The summed E-state index contributed by atoms with van der Waals surface area (Å²) in [6.45, 7) is 4.81. The quantitative estimate of drug-likeness (QED) is 0.733. The fourth-order valence-electron chi connectivity index (χ4n) is 1.29. The summed E-state index contributed by atoms with van der Waals surface area (Å²) in [6.07, 6.45) is 7.38. The monoisotopic (exact) mass is 242 g/mol. The van der Waals surface area contributed by atoms with Crippen LogP contribution in [0.1, 0.15) is 19.3 Å². The van der Waals surface area contributed by atoms with Crippen LogP contribution in [0.2, 0.25) is 0 Å². The van der Waals surface area contributed by atoms with E-state index in [1.54, 1.807) is 7.11 Å². The average molecular weight is 243 g/mol. The molecule has 72 valence electrons. The Labute approximate surface area is 88.3 Å². The van der Waals surface area contributed by atoms with Crippen LogP contribution < -0.4 is 0 Å². The molecule has 0 saturated heterocycles. The Bertz CT molecular complexity index is 251. The molecular weight excluding hydrogens is 228 g/mol. The first-order valence-electron chi connectivity index (χ1n) is 4.46. The lowest BCUT2D eigenvalue weighted by Gasteiger charge is -2.13. The van der Waals surface area contributed by atoms with Crippen molar-refractivity contribution in [3.05, 3.63) is 34.4 Å². The molecule has 0 fully saturated rings. The van der Waals surface area contributed by atoms with Crippen molar-refractivity contribution in [2.24, 2.45) is 0 Å². The van der Waals surface area contributed by atoms with Crippen LogP contribution in [0.4, 0.5) is 0 Å². The van der Waals surface area contributed by atoms with Crippen molar-refractivity contribution in [2.75, 3.05) is 13.7 Å². The van der Waals surface area contributed by atoms with Gasteiger partial charge in [0.1, 0.15) is 0 Å². The molecule has 0 heterocycles. The zero-order chi connectivity index (χ0) is 9.68. The minimum Gasteiger partial charge on any atom is -0.384 e. The molecule has 0 saturated carbocycles. The minimum atomic E-state index is 0.765. The molecule has 0 aromatic rings. The van der Waals surface area contributed by atoms with E-state index < -0.39 is 0 Å². The van der Waals surface area contributed by atoms with Crippen molar-refractivity contribution < 1.29 is 4.74 Å². The Morgan fingerprint density at radius 3 is 2.85 bits per heavy atom. The van der Waals surface area contributed by atoms with Gasteiger partial charge in [0, 0.05) is 7.11 Å². The number of ether oxygens (including phenoxy) is 1. The number of methoxy groups -OCH3 is 1. The van der Waals surface area contributed by atoms with Crippen LogP contribution in [-0.4, -0.2) is 13.7 Å². The van der Waals surface area contributed by atoms with E-state index in [4.69, 9.17) is 4.74 Å². The van der Waals surface area contributed by atoms with Crippen LogP contribution in [0.15, 0.2) is 34.4 Å². The van der Waals surface area contributed by atoms with Crippen LogP contribution in [0.25, 0.3) is 0 Å². The van der Waals surface area contributed by atoms with Crippen LogP contribution >= 0.6 is 15.9 Å². The predicted molar refractivity (Wildman–Crippen MR) is 60.0 cm³/mol. The van der Waals surface area contributed by atoms with Crippen molar-refractivity contribution in [1.82, 2.24) is 0 Å². The number of allylic oxidation sites excluding steroid dienone is 4. The standard InChI is InChI=1S/C11H15BrO/c1-9(7-8-13-2)10-3-5-11(12)6-4-10/h3,5H,1,4,6-8H2,2H3. The van der Waals surface area contributed by atoms with E-state index in [0.29, 0.717) is 0 Å². The van der Waals surface area contributed by atoms with E-state index in [9.17, 15) is 0 Å². The van der Waals surface area contributed by atoms with Crippen molar-refractivity contribution in [1.29, 1.82) is 0 Å². The molecule has 0 bridgehead atoms. The van der Waals surface area contributed by atoms with Crippen LogP contribution in [0, 0.1) is 0 Å². The highest BCUT2D eigenvalue weighted by Gasteiger charge is 2.06. The largest absolute Gasteiger partial charge is 0.384 e. The highest BCUT2D eigenvalue weighted by molar-refractivity contribution is 9.11. The second-order valence-electron chi connectivity index (χ2n) is 3.15. The summed E-state index contributed by atoms with van der Waals surface area (Å²) in [7, 11) is 1.72. The van der Waals surface area contributed by atoms with Gasteiger partial charge in [-0.1, -0.05) is 34.7 Å². The molecule has 2 heteroatoms. The zero-order valence-corrected chi connectivity index (χ0v) is 9.56. The maximum Gasteiger partial charge on any atom is 0.0502 e. The number of hydrogen-bond acceptors (Lipinski definition) is 1. The van der Waals surface area contributed by atoms with Gasteiger partial charge in [0.05, 0.1) is 6.61 Å². The van der Waals surface area contributed by atoms with Crippen molar-refractivity contribution in [3.63, 3.8) is 0 Å². The van der Waals surface area contributed by atoms with E-state index >= 15 is 0 Å². The Hall–Kier alpha value is -0.340. The molecule has 0 N–H and O–H groups in total. The molecule has 0 unspecified atom stereocenters. The molecule has 0 radical (unpaired) electrons. The van der Waals surface area contributed by atoms with Crippen LogP contribution in [-0.2, 0) is 4.74 Å². The Morgan fingerprint density at radius 2 is 2.31 bits per heavy atom. The Kier molecular flexibility index (Phi) is 4.46. The number of rotatable bonds is 4. The van der Waals surface area contributed by atoms with Crippen molar-refractivity contribution in [2.45, 2.75) is 19.3 Å². The summed E-state index contributed by atoms with van der Waals surface area (Å²) in [4.78, 5) is 0. The first kappa shape index (κ1) is 10.7. The highest BCUT2D eigenvalue weighted by Crippen LogP contribution is 2.27. The second kappa shape index (κ2) is 5.40. The molecule has 0 spiro atoms. The molecule has 0 aromatic carbocycles. The van der Waals surface area contributed by atoms with Crippen molar-refractivity contribution in [3.8, 4) is 0 Å². The molecule has 0 atom stereocenters. The van der Waals surface area contributed by atoms with Gasteiger partial charge in [-0.15, -0.1) is 0 Å². The van der Waals surface area contributed by atoms with Gasteiger partial charge in [-0.05, 0) is 34.9 Å². The third-order valence-electron chi connectivity index (χ3n) is 2.16. The molecule has 1 rings (SSSR count). The summed E-state index contributed by atoms with van der Waals surface area (Å²) in [5, 5.41) is 0. The maximum absolute atomic E-state index is 5.01. The first-order chi connectivity index (χ1) is 6.24. The smallest absolute Gasteiger partial charge is 0.0502 e. The van der Waals surface area contributed by atoms with Gasteiger partial charge in [0.2, 0.25) is 0 Å². The summed E-state index contributed by atoms with van der Waals surface area (Å²) < 4.78 is 6.29. The van der Waals surface area contributed by atoms with Crippen LogP contribution in [0.3, 0.4) is 0 Å². The van der Waals surface area contributed by atoms with Gasteiger partial charge in [0.15, 0.2) is 0 Å². The van der Waals surface area contributed by atoms with E-state index in [-0.39, 0.29) is 0 Å². The summed E-state index contributed by atoms with van der Waals surface area (Å²) in [5.74, 6) is 0. The molecule has 0 amide bonds. The van der Waals surface area contributed by atoms with Gasteiger partial charge in [0.25, 0.3) is 0 Å². The van der Waals surface area contributed by atoms with E-state index in [1.807, 2.05) is 0 Å². The van der Waals surface area contributed by atoms with Crippen LogP contribution in [0.5, 0.6) is 0 Å². The Balaban J connectivity index is 2.48. The van der Waals surface area contributed by atoms with Gasteiger partial charge < -0.3 is 4.74 Å². The normalized spacial score (nSPS) is 16.5. The molecule has 13 heavy (non-hydrogen) atoms. The summed E-state index contributed by atoms with van der Waals surface area (Å²) in [5.41, 5.74) is 2.57. The third kappa shape index (κ3) is 3.49. The highest BCUT2D eigenvalue weighted by atomic mass is 79.9. The summed E-state index contributed by atoms with van der Waals surface area (Å²) in [6, 6.07) is 0. The molecule has 0 aromatic heterocycles. The fourth-order valence-corrected chi connectivity index (χ4v) is 1.62. The molecule has 0 aliphatic heterocycles. The van der Waals surface area contributed by atoms with E-state index in [1.165, 1.54) is 15.6 Å². The lowest BCUT2D eigenvalue weighted by molar-refractivity contribution is 0.202. The van der Waals surface area contributed by atoms with E-state index in [2.05, 4.69) is 34.7 Å². The predicted octanol–water partition coefficient (Wildman–Crippen LogP) is 3.58. The number of halogens is 1. The average Bonchev–Trinajstić information content (AvgIpc) is 2.15. The molecule has 1 nitrogen and oxygen atoms in total. The van der Waals surface area contributed by atoms with Gasteiger partial charge in [-0.25, -0.2) is 0 Å². The number of hydrogen-bond donors (Lipinski definition) is 0. The summed E-state index contributed by atoms with van der Waals surface area (Å²) >= 11 is 3.48. The van der Waals surface area contributed by atoms with Gasteiger partial charge in [-0.3, -0.25) is 0 Å². The molecular formula is C11H15BrO. The first-order valence-corrected chi connectivity index (χ1v) is 5.25. The SMILES string of the molecule is C=C(CCOC)C1=CC=C(Br)CC1. The molecule has 1 aliphatic carbocycles. The minimum absolute atomic E-state index is 0.765. The van der Waals surface area contributed by atoms with E-state index in [0.717, 1.165) is 25.9 Å². The Morgan fingerprint density at radius 1 is 1.54 bits per heavy atom. The second-order valence-corrected chi connectivity index (χ2v) is 4.17. The maximum atomic E-state index is 5.01. The van der Waals surface area contributed by atoms with Crippen molar-refractivity contribution >= 4 is 15.9 Å². The topological polar surface area (TPSA) is 9.23 Å². The fraction of sp³-hybridized carbons (Fsp3) is 0.455. The lowest BCUT2D eigenvalue weighted by atomic mass is 9.97.